The molecule has 0 fully saturated rings. The predicted molar refractivity (Wildman–Crippen MR) is 85.1 cm³/mol. The van der Waals surface area contributed by atoms with E-state index in [9.17, 15) is 4.79 Å². The zero-order chi connectivity index (χ0) is 16.7. The first kappa shape index (κ1) is 16.4. The van der Waals surface area contributed by atoms with Gasteiger partial charge in [0, 0.05) is 23.8 Å². The molecule has 0 atom stereocenters. The standard InChI is InChI=1S/C13H12BrN7O2/c1-16-12(22)7-23-9-2-3-10(14)11(4-9)17-6-8(5-15)13-18-20-21-19-13/h2-4,6,17H,7H2,1H3,(H,16,22)(H,18,19,20,21). The summed E-state index contributed by atoms with van der Waals surface area (Å²) in [5.41, 5.74) is 0.859. The number of rotatable bonds is 6. The van der Waals surface area contributed by atoms with E-state index < -0.39 is 0 Å². The van der Waals surface area contributed by atoms with Gasteiger partial charge in [-0.05, 0) is 33.3 Å². The molecule has 118 valence electrons. The number of hydrogen-bond donors (Lipinski definition) is 3. The molecule has 10 heteroatoms. The van der Waals surface area contributed by atoms with E-state index in [1.807, 2.05) is 6.07 Å². The summed E-state index contributed by atoms with van der Waals surface area (Å²) in [5.74, 6) is 0.458. The molecule has 2 rings (SSSR count). The normalized spacial score (nSPS) is 10.7. The molecule has 0 aliphatic rings. The summed E-state index contributed by atoms with van der Waals surface area (Å²) < 4.78 is 6.12. The van der Waals surface area contributed by atoms with Crippen LogP contribution in [-0.2, 0) is 4.79 Å². The van der Waals surface area contributed by atoms with Crippen molar-refractivity contribution in [1.29, 1.82) is 5.26 Å². The van der Waals surface area contributed by atoms with E-state index in [1.54, 1.807) is 18.2 Å². The number of H-pyrrole nitrogens is 1. The Morgan fingerprint density at radius 3 is 3.04 bits per heavy atom. The van der Waals surface area contributed by atoms with Crippen molar-refractivity contribution in [2.45, 2.75) is 0 Å². The molecule has 1 heterocycles. The van der Waals surface area contributed by atoms with Gasteiger partial charge >= 0.3 is 0 Å². The van der Waals surface area contributed by atoms with E-state index in [2.05, 4.69) is 47.2 Å². The first-order chi connectivity index (χ1) is 11.1. The number of aromatic nitrogens is 4. The number of carbonyl (C=O) groups excluding carboxylic acids is 1. The highest BCUT2D eigenvalue weighted by molar-refractivity contribution is 9.10. The van der Waals surface area contributed by atoms with Crippen LogP contribution >= 0.6 is 15.9 Å². The van der Waals surface area contributed by atoms with Gasteiger partial charge in [-0.2, -0.15) is 10.5 Å². The number of amides is 1. The number of hydrogen-bond acceptors (Lipinski definition) is 7. The number of anilines is 1. The summed E-state index contributed by atoms with van der Waals surface area (Å²) in [6.07, 6.45) is 1.45. The van der Waals surface area contributed by atoms with Gasteiger partial charge in [0.1, 0.15) is 17.4 Å². The van der Waals surface area contributed by atoms with Crippen LogP contribution in [-0.4, -0.2) is 40.2 Å². The molecule has 3 N–H and O–H groups in total. The second kappa shape index (κ2) is 7.90. The first-order valence-electron chi connectivity index (χ1n) is 6.37. The maximum absolute atomic E-state index is 11.2. The molecular formula is C13H12BrN7O2. The van der Waals surface area contributed by atoms with Crippen molar-refractivity contribution in [2.75, 3.05) is 19.0 Å². The second-order valence-electron chi connectivity index (χ2n) is 4.15. The number of carbonyl (C=O) groups is 1. The minimum Gasteiger partial charge on any atom is -0.484 e. The van der Waals surface area contributed by atoms with E-state index in [0.29, 0.717) is 11.4 Å². The quantitative estimate of drug-likeness (QED) is 0.641. The highest BCUT2D eigenvalue weighted by Crippen LogP contribution is 2.27. The number of ether oxygens (including phenoxy) is 1. The number of nitrogens with zero attached hydrogens (tertiary/aromatic N) is 4. The molecule has 0 saturated carbocycles. The van der Waals surface area contributed by atoms with Gasteiger partial charge in [-0.15, -0.1) is 10.2 Å². The Labute approximate surface area is 139 Å². The van der Waals surface area contributed by atoms with Gasteiger partial charge in [0.15, 0.2) is 6.61 Å². The lowest BCUT2D eigenvalue weighted by molar-refractivity contribution is -0.122. The van der Waals surface area contributed by atoms with Crippen molar-refractivity contribution < 1.29 is 9.53 Å². The zero-order valence-corrected chi connectivity index (χ0v) is 13.6. The number of nitrogens with one attached hydrogen (secondary N) is 3. The van der Waals surface area contributed by atoms with Gasteiger partial charge in [0.2, 0.25) is 5.82 Å². The monoisotopic (exact) mass is 377 g/mol. The van der Waals surface area contributed by atoms with Crippen LogP contribution in [0.4, 0.5) is 5.69 Å². The Morgan fingerprint density at radius 1 is 1.57 bits per heavy atom. The fourth-order valence-corrected chi connectivity index (χ4v) is 1.86. The van der Waals surface area contributed by atoms with Crippen molar-refractivity contribution in [1.82, 2.24) is 25.9 Å². The third kappa shape index (κ3) is 4.52. The average molecular weight is 378 g/mol. The number of likely N-dealkylation sites (N-methyl/N-ethyl adjacent to an activating group) is 1. The van der Waals surface area contributed by atoms with Crippen molar-refractivity contribution in [2.24, 2.45) is 0 Å². The predicted octanol–water partition coefficient (Wildman–Crippen LogP) is 1.06. The Bertz CT molecular complexity index is 752. The van der Waals surface area contributed by atoms with E-state index >= 15 is 0 Å². The van der Waals surface area contributed by atoms with Crippen LogP contribution in [0.25, 0.3) is 5.57 Å². The SMILES string of the molecule is CNC(=O)COc1ccc(Br)c(NC=C(C#N)c2nn[nH]n2)c1. The molecule has 1 amide bonds. The third-order valence-electron chi connectivity index (χ3n) is 2.67. The molecule has 0 saturated heterocycles. The zero-order valence-electron chi connectivity index (χ0n) is 12.0. The summed E-state index contributed by atoms with van der Waals surface area (Å²) in [4.78, 5) is 11.2. The second-order valence-corrected chi connectivity index (χ2v) is 5.01. The minimum absolute atomic E-state index is 0.0836. The van der Waals surface area contributed by atoms with Crippen LogP contribution in [0, 0.1) is 11.3 Å². The molecular weight excluding hydrogens is 366 g/mol. The van der Waals surface area contributed by atoms with Crippen LogP contribution in [0.3, 0.4) is 0 Å². The van der Waals surface area contributed by atoms with Crippen LogP contribution in [0.2, 0.25) is 0 Å². The highest BCUT2D eigenvalue weighted by Gasteiger charge is 2.07. The molecule has 0 radical (unpaired) electrons. The molecule has 0 unspecified atom stereocenters. The molecule has 23 heavy (non-hydrogen) atoms. The lowest BCUT2D eigenvalue weighted by Crippen LogP contribution is -2.24. The van der Waals surface area contributed by atoms with Crippen molar-refractivity contribution in [3.63, 3.8) is 0 Å². The Balaban J connectivity index is 2.13. The number of allylic oxidation sites excluding steroid dienone is 1. The van der Waals surface area contributed by atoms with Crippen LogP contribution in [0.15, 0.2) is 28.9 Å². The fraction of sp³-hybridized carbons (Fsp3) is 0.154. The smallest absolute Gasteiger partial charge is 0.257 e. The summed E-state index contributed by atoms with van der Waals surface area (Å²) in [7, 11) is 1.53. The van der Waals surface area contributed by atoms with Gasteiger partial charge in [-0.1, -0.05) is 0 Å². The van der Waals surface area contributed by atoms with E-state index in [0.717, 1.165) is 4.47 Å². The van der Waals surface area contributed by atoms with Crippen molar-refractivity contribution in [3.05, 3.63) is 34.7 Å². The molecule has 0 aliphatic carbocycles. The van der Waals surface area contributed by atoms with Gasteiger partial charge in [0.25, 0.3) is 5.91 Å². The maximum Gasteiger partial charge on any atom is 0.257 e. The van der Waals surface area contributed by atoms with E-state index in [4.69, 9.17) is 10.00 Å². The number of benzene rings is 1. The lowest BCUT2D eigenvalue weighted by atomic mass is 10.2. The third-order valence-corrected chi connectivity index (χ3v) is 3.36. The number of nitriles is 1. The van der Waals surface area contributed by atoms with Gasteiger partial charge in [-0.3, -0.25) is 4.79 Å². The van der Waals surface area contributed by atoms with Crippen molar-refractivity contribution >= 4 is 33.1 Å². The van der Waals surface area contributed by atoms with Crippen molar-refractivity contribution in [3.8, 4) is 11.8 Å². The van der Waals surface area contributed by atoms with Crippen LogP contribution in [0.1, 0.15) is 5.82 Å². The molecule has 0 aliphatic heterocycles. The van der Waals surface area contributed by atoms with Gasteiger partial charge < -0.3 is 15.4 Å². The van der Waals surface area contributed by atoms with Crippen LogP contribution in [0.5, 0.6) is 5.75 Å². The molecule has 0 spiro atoms. The molecule has 1 aromatic heterocycles. The van der Waals surface area contributed by atoms with Crippen LogP contribution < -0.4 is 15.4 Å². The highest BCUT2D eigenvalue weighted by atomic mass is 79.9. The number of halogens is 1. The topological polar surface area (TPSA) is 129 Å². The van der Waals surface area contributed by atoms with E-state index in [-0.39, 0.29) is 23.9 Å². The molecule has 0 bridgehead atoms. The molecule has 2 aromatic rings. The lowest BCUT2D eigenvalue weighted by Gasteiger charge is -2.09. The largest absolute Gasteiger partial charge is 0.484 e. The van der Waals surface area contributed by atoms with Gasteiger partial charge in [-0.25, -0.2) is 0 Å². The Morgan fingerprint density at radius 2 is 2.39 bits per heavy atom. The first-order valence-corrected chi connectivity index (χ1v) is 7.17. The minimum atomic E-state index is -0.230. The summed E-state index contributed by atoms with van der Waals surface area (Å²) >= 11 is 3.39. The van der Waals surface area contributed by atoms with Gasteiger partial charge in [0.05, 0.1) is 5.69 Å². The Hall–Kier alpha value is -2.93. The van der Waals surface area contributed by atoms with E-state index in [1.165, 1.54) is 13.2 Å². The Kier molecular flexibility index (Phi) is 5.65. The molecule has 9 nitrogen and oxygen atoms in total. The maximum atomic E-state index is 11.2. The summed E-state index contributed by atoms with van der Waals surface area (Å²) in [5, 5.41) is 27.7. The fourth-order valence-electron chi connectivity index (χ4n) is 1.50. The summed E-state index contributed by atoms with van der Waals surface area (Å²) in [6.45, 7) is -0.0836. The summed E-state index contributed by atoms with van der Waals surface area (Å²) in [6, 6.07) is 7.13. The average Bonchev–Trinajstić information content (AvgIpc) is 3.09. The number of aromatic amines is 1. The number of tetrazole rings is 1. The molecule has 1 aromatic carbocycles.